The van der Waals surface area contributed by atoms with Gasteiger partial charge in [-0.2, -0.15) is 11.8 Å². The summed E-state index contributed by atoms with van der Waals surface area (Å²) in [6.07, 6.45) is 0. The van der Waals surface area contributed by atoms with Crippen molar-refractivity contribution in [2.75, 3.05) is 43.5 Å². The van der Waals surface area contributed by atoms with E-state index in [1.165, 1.54) is 30.2 Å². The van der Waals surface area contributed by atoms with Crippen LogP contribution in [-0.4, -0.2) is 49.0 Å². The number of thioether (sulfide) groups is 1. The van der Waals surface area contributed by atoms with Crippen molar-refractivity contribution in [2.24, 2.45) is 5.92 Å². The Labute approximate surface area is 138 Å². The van der Waals surface area contributed by atoms with Crippen LogP contribution in [0.25, 0.3) is 0 Å². The van der Waals surface area contributed by atoms with Crippen LogP contribution in [0.1, 0.15) is 18.1 Å². The molecule has 1 unspecified atom stereocenters. The summed E-state index contributed by atoms with van der Waals surface area (Å²) in [6, 6.07) is 6.36. The Morgan fingerprint density at radius 2 is 2.09 bits per heavy atom. The molecule has 0 saturated carbocycles. The third kappa shape index (κ3) is 5.00. The molecule has 0 radical (unpaired) electrons. The summed E-state index contributed by atoms with van der Waals surface area (Å²) in [7, 11) is 1.86. The van der Waals surface area contributed by atoms with Gasteiger partial charge < -0.3 is 10.6 Å². The van der Waals surface area contributed by atoms with Crippen molar-refractivity contribution in [1.29, 1.82) is 0 Å². The average molecular weight is 321 g/mol. The number of carbonyl (C=O) groups excluding carboxylic acids is 1. The fourth-order valence-electron chi connectivity index (χ4n) is 2.64. The summed E-state index contributed by atoms with van der Waals surface area (Å²) in [5.74, 6) is 2.50. The third-order valence-electron chi connectivity index (χ3n) is 4.02. The highest BCUT2D eigenvalue weighted by Crippen LogP contribution is 2.20. The van der Waals surface area contributed by atoms with Crippen LogP contribution in [-0.2, 0) is 11.3 Å². The van der Waals surface area contributed by atoms with E-state index >= 15 is 0 Å². The molecule has 2 rings (SSSR count). The lowest BCUT2D eigenvalue weighted by atomic mass is 10.1. The fraction of sp³-hybridized carbons (Fsp3) is 0.588. The zero-order chi connectivity index (χ0) is 15.9. The molecule has 0 spiro atoms. The normalized spacial score (nSPS) is 17.2. The average Bonchev–Trinajstić information content (AvgIpc) is 2.51. The van der Waals surface area contributed by atoms with Crippen LogP contribution in [0.15, 0.2) is 18.2 Å². The third-order valence-corrected chi connectivity index (χ3v) is 4.96. The molecule has 1 amide bonds. The monoisotopic (exact) mass is 321 g/mol. The number of carbonyl (C=O) groups is 1. The molecule has 1 atom stereocenters. The van der Waals surface area contributed by atoms with Crippen molar-refractivity contribution in [2.45, 2.75) is 20.4 Å². The summed E-state index contributed by atoms with van der Waals surface area (Å²) < 4.78 is 0. The molecule has 0 aromatic heterocycles. The number of aryl methyl sites for hydroxylation is 1. The van der Waals surface area contributed by atoms with Gasteiger partial charge in [-0.15, -0.1) is 0 Å². The highest BCUT2D eigenvalue weighted by molar-refractivity contribution is 7.99. The minimum atomic E-state index is -0.0325. The first-order valence-electron chi connectivity index (χ1n) is 7.95. The quantitative estimate of drug-likeness (QED) is 0.844. The van der Waals surface area contributed by atoms with E-state index < -0.39 is 0 Å². The molecule has 1 saturated heterocycles. The molecule has 1 heterocycles. The van der Waals surface area contributed by atoms with Crippen molar-refractivity contribution in [3.8, 4) is 0 Å². The first kappa shape index (κ1) is 17.3. The lowest BCUT2D eigenvalue weighted by Gasteiger charge is -2.26. The fourth-order valence-corrected chi connectivity index (χ4v) is 3.62. The summed E-state index contributed by atoms with van der Waals surface area (Å²) in [5, 5.41) is 6.07. The molecule has 1 fully saturated rings. The minimum Gasteiger partial charge on any atom is -0.326 e. The minimum absolute atomic E-state index is 0.0325. The second-order valence-electron chi connectivity index (χ2n) is 5.99. The summed E-state index contributed by atoms with van der Waals surface area (Å²) in [5.41, 5.74) is 3.38. The van der Waals surface area contributed by atoms with E-state index in [4.69, 9.17) is 0 Å². The maximum Gasteiger partial charge on any atom is 0.228 e. The number of nitrogens with zero attached hydrogens (tertiary/aromatic N) is 1. The van der Waals surface area contributed by atoms with Gasteiger partial charge in [0.2, 0.25) is 5.91 Å². The van der Waals surface area contributed by atoms with Crippen LogP contribution in [0.5, 0.6) is 0 Å². The highest BCUT2D eigenvalue weighted by atomic mass is 32.2. The maximum atomic E-state index is 12.1. The number of amides is 1. The number of hydrogen-bond acceptors (Lipinski definition) is 4. The highest BCUT2D eigenvalue weighted by Gasteiger charge is 2.14. The number of benzene rings is 1. The molecular weight excluding hydrogens is 294 g/mol. The van der Waals surface area contributed by atoms with E-state index in [0.717, 1.165) is 17.8 Å². The molecule has 22 heavy (non-hydrogen) atoms. The Balaban J connectivity index is 1.95. The molecule has 1 aliphatic rings. The second-order valence-corrected chi connectivity index (χ2v) is 7.21. The number of rotatable bonds is 6. The van der Waals surface area contributed by atoms with E-state index in [1.807, 2.05) is 31.8 Å². The van der Waals surface area contributed by atoms with Gasteiger partial charge in [-0.3, -0.25) is 9.69 Å². The van der Waals surface area contributed by atoms with Crippen molar-refractivity contribution in [1.82, 2.24) is 10.2 Å². The van der Waals surface area contributed by atoms with E-state index in [9.17, 15) is 4.79 Å². The largest absolute Gasteiger partial charge is 0.326 e. The molecule has 1 aliphatic heterocycles. The Hall–Kier alpha value is -1.04. The van der Waals surface area contributed by atoms with Crippen molar-refractivity contribution >= 4 is 23.4 Å². The Kier molecular flexibility index (Phi) is 6.73. The summed E-state index contributed by atoms with van der Waals surface area (Å²) in [4.78, 5) is 14.6. The Morgan fingerprint density at radius 1 is 1.36 bits per heavy atom. The molecule has 122 valence electrons. The molecule has 0 aliphatic carbocycles. The van der Waals surface area contributed by atoms with Crippen molar-refractivity contribution < 1.29 is 4.79 Å². The van der Waals surface area contributed by atoms with Gasteiger partial charge in [0.25, 0.3) is 0 Å². The number of anilines is 1. The molecule has 0 bridgehead atoms. The molecule has 2 N–H and O–H groups in total. The van der Waals surface area contributed by atoms with Gasteiger partial charge in [0, 0.05) is 49.3 Å². The van der Waals surface area contributed by atoms with Crippen LogP contribution in [0, 0.1) is 12.8 Å². The molecule has 5 heteroatoms. The number of nitrogens with one attached hydrogen (secondary N) is 2. The molecular formula is C17H27N3OS. The van der Waals surface area contributed by atoms with Crippen LogP contribution in [0.3, 0.4) is 0 Å². The van der Waals surface area contributed by atoms with E-state index in [2.05, 4.69) is 34.6 Å². The van der Waals surface area contributed by atoms with Crippen LogP contribution in [0.4, 0.5) is 5.69 Å². The van der Waals surface area contributed by atoms with Gasteiger partial charge in [0.1, 0.15) is 0 Å². The van der Waals surface area contributed by atoms with E-state index in [1.54, 1.807) is 0 Å². The van der Waals surface area contributed by atoms with Gasteiger partial charge in [-0.05, 0) is 31.2 Å². The topological polar surface area (TPSA) is 44.4 Å². The van der Waals surface area contributed by atoms with Gasteiger partial charge >= 0.3 is 0 Å². The predicted molar refractivity (Wildman–Crippen MR) is 95.5 cm³/mol. The van der Waals surface area contributed by atoms with Gasteiger partial charge in [-0.25, -0.2) is 0 Å². The number of hydrogen-bond donors (Lipinski definition) is 2. The molecule has 1 aromatic carbocycles. The summed E-state index contributed by atoms with van der Waals surface area (Å²) in [6.45, 7) is 8.03. The first-order chi connectivity index (χ1) is 10.6. The van der Waals surface area contributed by atoms with Crippen LogP contribution < -0.4 is 10.6 Å². The molecule has 1 aromatic rings. The Bertz CT molecular complexity index is 501. The lowest BCUT2D eigenvalue weighted by Crippen LogP contribution is -2.32. The van der Waals surface area contributed by atoms with Crippen LogP contribution in [0.2, 0.25) is 0 Å². The van der Waals surface area contributed by atoms with Gasteiger partial charge in [-0.1, -0.05) is 19.1 Å². The SMILES string of the molecule is CNCC(C)C(=O)Nc1ccc(CN2CCSCC2)cc1C. The van der Waals surface area contributed by atoms with Crippen LogP contribution >= 0.6 is 11.8 Å². The maximum absolute atomic E-state index is 12.1. The first-order valence-corrected chi connectivity index (χ1v) is 9.10. The second kappa shape index (κ2) is 8.56. The standard InChI is InChI=1S/C17H27N3OS/c1-13-10-15(12-20-6-8-22-9-7-20)4-5-16(13)19-17(21)14(2)11-18-3/h4-5,10,14,18H,6-9,11-12H2,1-3H3,(H,19,21). The lowest BCUT2D eigenvalue weighted by molar-refractivity contribution is -0.119. The molecule has 4 nitrogen and oxygen atoms in total. The van der Waals surface area contributed by atoms with E-state index in [0.29, 0.717) is 6.54 Å². The summed E-state index contributed by atoms with van der Waals surface area (Å²) >= 11 is 2.03. The zero-order valence-electron chi connectivity index (χ0n) is 13.8. The Morgan fingerprint density at radius 3 is 2.73 bits per heavy atom. The van der Waals surface area contributed by atoms with Crippen molar-refractivity contribution in [3.05, 3.63) is 29.3 Å². The predicted octanol–water partition coefficient (Wildman–Crippen LogP) is 2.34. The smallest absolute Gasteiger partial charge is 0.228 e. The zero-order valence-corrected chi connectivity index (χ0v) is 14.6. The van der Waals surface area contributed by atoms with Gasteiger partial charge in [0.15, 0.2) is 0 Å². The van der Waals surface area contributed by atoms with Crippen molar-refractivity contribution in [3.63, 3.8) is 0 Å². The van der Waals surface area contributed by atoms with E-state index in [-0.39, 0.29) is 11.8 Å². The van der Waals surface area contributed by atoms with Gasteiger partial charge in [0.05, 0.1) is 0 Å².